The fourth-order valence-corrected chi connectivity index (χ4v) is 9.75. The van der Waals surface area contributed by atoms with Crippen molar-refractivity contribution in [3.8, 4) is 79.7 Å². The van der Waals surface area contributed by atoms with Crippen molar-refractivity contribution in [1.29, 1.82) is 10.5 Å². The molecular weight excluding hydrogens is 807 g/mol. The Kier molecular flexibility index (Phi) is 9.12. The van der Waals surface area contributed by atoms with Crippen molar-refractivity contribution in [3.63, 3.8) is 0 Å². The lowest BCUT2D eigenvalue weighted by molar-refractivity contribution is 1.13. The first-order valence-corrected chi connectivity index (χ1v) is 21.7. The molecule has 0 unspecified atom stereocenters. The van der Waals surface area contributed by atoms with Crippen LogP contribution in [0.1, 0.15) is 11.1 Å². The summed E-state index contributed by atoms with van der Waals surface area (Å²) < 4.78 is 4.42. The fraction of sp³-hybridized carbons (Fsp3) is 0. The Morgan fingerprint density at radius 3 is 1.27 bits per heavy atom. The molecule has 0 spiro atoms. The summed E-state index contributed by atoms with van der Waals surface area (Å²) in [6, 6.07) is 72.8. The number of nitriles is 2. The number of hydrogen-bond donors (Lipinski definition) is 0. The van der Waals surface area contributed by atoms with E-state index in [0.717, 1.165) is 82.6 Å². The van der Waals surface area contributed by atoms with Gasteiger partial charge >= 0.3 is 0 Å². The molecule has 0 N–H and O–H groups in total. The Labute approximate surface area is 380 Å². The summed E-state index contributed by atoms with van der Waals surface area (Å²) in [6.45, 7) is 0. The van der Waals surface area contributed by atoms with E-state index in [9.17, 15) is 10.5 Å². The predicted molar refractivity (Wildman–Crippen MR) is 265 cm³/mol. The van der Waals surface area contributed by atoms with Crippen molar-refractivity contribution in [2.24, 2.45) is 0 Å². The molecule has 8 aromatic carbocycles. The van der Waals surface area contributed by atoms with Crippen molar-refractivity contribution in [2.75, 3.05) is 0 Å². The van der Waals surface area contributed by atoms with E-state index in [1.807, 2.05) is 78.9 Å². The molecule has 12 aromatic rings. The minimum atomic E-state index is 0.458. The fourth-order valence-electron chi connectivity index (χ4n) is 9.75. The molecule has 0 aliphatic heterocycles. The van der Waals surface area contributed by atoms with Crippen LogP contribution in [0.4, 0.5) is 0 Å². The van der Waals surface area contributed by atoms with E-state index in [1.165, 1.54) is 0 Å². The van der Waals surface area contributed by atoms with E-state index in [4.69, 9.17) is 9.97 Å². The summed E-state index contributed by atoms with van der Waals surface area (Å²) in [5, 5.41) is 26.3. The highest BCUT2D eigenvalue weighted by molar-refractivity contribution is 6.17. The lowest BCUT2D eigenvalue weighted by Crippen LogP contribution is -2.05. The third-order valence-electron chi connectivity index (χ3n) is 12.5. The number of hydrogen-bond acceptors (Lipinski definition) is 5. The molecule has 0 aliphatic carbocycles. The number of nitrogens with zero attached hydrogens (tertiary/aromatic N) is 7. The van der Waals surface area contributed by atoms with Crippen molar-refractivity contribution >= 4 is 43.6 Å². The van der Waals surface area contributed by atoms with Gasteiger partial charge in [-0.1, -0.05) is 146 Å². The second-order valence-electron chi connectivity index (χ2n) is 16.2. The first-order chi connectivity index (χ1) is 32.7. The van der Waals surface area contributed by atoms with E-state index in [1.54, 1.807) is 12.4 Å². The zero-order valence-electron chi connectivity index (χ0n) is 35.3. The van der Waals surface area contributed by atoms with Crippen LogP contribution in [-0.2, 0) is 0 Å². The average molecular weight is 842 g/mol. The van der Waals surface area contributed by atoms with Crippen LogP contribution in [0.2, 0.25) is 0 Å². The van der Waals surface area contributed by atoms with Crippen molar-refractivity contribution in [1.82, 2.24) is 24.1 Å². The number of benzene rings is 8. The Morgan fingerprint density at radius 2 is 0.803 bits per heavy atom. The third-order valence-corrected chi connectivity index (χ3v) is 12.5. The molecule has 306 valence electrons. The molecule has 4 aromatic heterocycles. The lowest BCUT2D eigenvalue weighted by atomic mass is 9.99. The topological polar surface area (TPSA) is 96.1 Å². The van der Waals surface area contributed by atoms with Crippen LogP contribution in [-0.4, -0.2) is 24.1 Å². The summed E-state index contributed by atoms with van der Waals surface area (Å²) in [4.78, 5) is 15.1. The van der Waals surface area contributed by atoms with Gasteiger partial charge in [-0.3, -0.25) is 4.98 Å². The third kappa shape index (κ3) is 6.07. The molecule has 66 heavy (non-hydrogen) atoms. The molecule has 12 rings (SSSR count). The molecule has 7 nitrogen and oxygen atoms in total. The smallest absolute Gasteiger partial charge is 0.161 e. The quantitative estimate of drug-likeness (QED) is 0.159. The maximum absolute atomic E-state index is 11.0. The van der Waals surface area contributed by atoms with Crippen LogP contribution in [0.3, 0.4) is 0 Å². The molecule has 0 saturated heterocycles. The minimum absolute atomic E-state index is 0.458. The summed E-state index contributed by atoms with van der Waals surface area (Å²) in [7, 11) is 0. The lowest BCUT2D eigenvalue weighted by Gasteiger charge is -2.18. The van der Waals surface area contributed by atoms with Gasteiger partial charge in [0.05, 0.1) is 56.0 Å². The molecule has 0 aliphatic rings. The number of fused-ring (bicyclic) bond motifs is 6. The maximum Gasteiger partial charge on any atom is 0.161 e. The van der Waals surface area contributed by atoms with Gasteiger partial charge in [-0.05, 0) is 76.9 Å². The van der Waals surface area contributed by atoms with Crippen molar-refractivity contribution < 1.29 is 0 Å². The summed E-state index contributed by atoms with van der Waals surface area (Å²) >= 11 is 0. The van der Waals surface area contributed by atoms with Gasteiger partial charge in [0.15, 0.2) is 5.82 Å². The second-order valence-corrected chi connectivity index (χ2v) is 16.2. The van der Waals surface area contributed by atoms with Crippen LogP contribution >= 0.6 is 0 Å². The van der Waals surface area contributed by atoms with Crippen LogP contribution in [0, 0.1) is 22.7 Å². The number of pyridine rings is 1. The maximum atomic E-state index is 11.0. The van der Waals surface area contributed by atoms with Crippen LogP contribution in [0.5, 0.6) is 0 Å². The van der Waals surface area contributed by atoms with Crippen molar-refractivity contribution in [3.05, 3.63) is 224 Å². The van der Waals surface area contributed by atoms with E-state index in [-0.39, 0.29) is 0 Å². The number of rotatable bonds is 7. The summed E-state index contributed by atoms with van der Waals surface area (Å²) in [5.74, 6) is 0.458. The van der Waals surface area contributed by atoms with Gasteiger partial charge in [-0.15, -0.1) is 0 Å². The van der Waals surface area contributed by atoms with Gasteiger partial charge in [0.1, 0.15) is 12.1 Å². The predicted octanol–water partition coefficient (Wildman–Crippen LogP) is 14.1. The Balaban J connectivity index is 1.15. The highest BCUT2D eigenvalue weighted by atomic mass is 15.0. The summed E-state index contributed by atoms with van der Waals surface area (Å²) in [6.07, 6.45) is 3.49. The Hall–Kier alpha value is -9.43. The zero-order chi connectivity index (χ0) is 44.1. The van der Waals surface area contributed by atoms with Crippen LogP contribution in [0.15, 0.2) is 213 Å². The molecule has 7 heteroatoms. The number of para-hydroxylation sites is 4. The number of aromatic nitrogens is 5. The standard InChI is InChI=1S/C59H35N7/c60-35-40-20-11-27-45(57(40)65-51-29-9-7-23-47(51)55-43(25-13-31-53(55)65)38-16-3-1-4-17-38)49-34-50(64-59(63-49)42-22-15-33-62-37-42)46-28-12-21-41(36-61)58(46)66-52-30-10-8-24-48(52)56-44(26-14-32-54(56)66)39-18-5-2-6-19-39/h1-34,37H. The SMILES string of the molecule is N#Cc1cccc(-c2cc(-c3cccc(C#N)c3-n3c4ccccc4c4c(-c5ccccc5)cccc43)nc(-c3cccnc3)n2)c1-n1c2ccccc2c2c(-c3ccccc3)cccc21. The molecular formula is C59H35N7. The highest BCUT2D eigenvalue weighted by Gasteiger charge is 2.25. The van der Waals surface area contributed by atoms with Crippen LogP contribution in [0.25, 0.3) is 111 Å². The largest absolute Gasteiger partial charge is 0.307 e. The van der Waals surface area contributed by atoms with Crippen molar-refractivity contribution in [2.45, 2.75) is 0 Å². The molecule has 0 atom stereocenters. The van der Waals surface area contributed by atoms with Gasteiger partial charge in [-0.25, -0.2) is 9.97 Å². The molecule has 0 radical (unpaired) electrons. The Morgan fingerprint density at radius 1 is 0.379 bits per heavy atom. The normalized spacial score (nSPS) is 11.3. The summed E-state index contributed by atoms with van der Waals surface area (Å²) in [5.41, 5.74) is 14.1. The van der Waals surface area contributed by atoms with Gasteiger partial charge in [0.25, 0.3) is 0 Å². The van der Waals surface area contributed by atoms with E-state index < -0.39 is 0 Å². The van der Waals surface area contributed by atoms with Gasteiger partial charge in [0.2, 0.25) is 0 Å². The molecule has 0 fully saturated rings. The highest BCUT2D eigenvalue weighted by Crippen LogP contribution is 2.44. The second kappa shape index (κ2) is 15.7. The van der Waals surface area contributed by atoms with E-state index >= 15 is 0 Å². The zero-order valence-corrected chi connectivity index (χ0v) is 35.3. The minimum Gasteiger partial charge on any atom is -0.307 e. The monoisotopic (exact) mass is 841 g/mol. The molecule has 0 saturated carbocycles. The molecule has 0 amide bonds. The van der Waals surface area contributed by atoms with Crippen LogP contribution < -0.4 is 0 Å². The van der Waals surface area contributed by atoms with Gasteiger partial charge < -0.3 is 9.13 Å². The van der Waals surface area contributed by atoms with Gasteiger partial charge in [0, 0.05) is 50.6 Å². The van der Waals surface area contributed by atoms with E-state index in [0.29, 0.717) is 39.7 Å². The molecule has 0 bridgehead atoms. The first kappa shape index (κ1) is 38.3. The van der Waals surface area contributed by atoms with E-state index in [2.05, 4.69) is 148 Å². The molecule has 4 heterocycles. The average Bonchev–Trinajstić information content (AvgIpc) is 3.91. The first-order valence-electron chi connectivity index (χ1n) is 21.7. The Bertz CT molecular complexity index is 3710. The van der Waals surface area contributed by atoms with Gasteiger partial charge in [-0.2, -0.15) is 10.5 Å².